The van der Waals surface area contributed by atoms with E-state index in [1.807, 2.05) is 0 Å². The van der Waals surface area contributed by atoms with Crippen molar-refractivity contribution in [2.75, 3.05) is 0 Å². The molecule has 0 atom stereocenters. The number of ether oxygens (including phenoxy) is 1. The van der Waals surface area contributed by atoms with E-state index in [0.29, 0.717) is 11.8 Å². The number of halogens is 3. The van der Waals surface area contributed by atoms with Crippen LogP contribution in [0.5, 0.6) is 5.75 Å². The van der Waals surface area contributed by atoms with E-state index in [1.54, 1.807) is 6.92 Å². The van der Waals surface area contributed by atoms with Crippen molar-refractivity contribution in [3.05, 3.63) is 56.7 Å². The third-order valence-corrected chi connectivity index (χ3v) is 2.68. The zero-order valence-electron chi connectivity index (χ0n) is 9.84. The van der Waals surface area contributed by atoms with E-state index in [9.17, 15) is 13.6 Å². The molecule has 0 bridgehead atoms. The number of hydrogen-bond donors (Lipinski definition) is 1. The first-order chi connectivity index (χ1) is 8.97. The Kier molecular flexibility index (Phi) is 3.80. The van der Waals surface area contributed by atoms with Gasteiger partial charge in [0.25, 0.3) is 5.56 Å². The zero-order chi connectivity index (χ0) is 14.0. The Morgan fingerprint density at radius 2 is 2.16 bits per heavy atom. The molecule has 0 aromatic carbocycles. The number of aryl methyl sites for hydroxylation is 1. The summed E-state index contributed by atoms with van der Waals surface area (Å²) >= 11 is 5.75. The van der Waals surface area contributed by atoms with Crippen molar-refractivity contribution in [3.8, 4) is 5.75 Å². The molecule has 1 N–H and O–H groups in total. The van der Waals surface area contributed by atoms with Crippen molar-refractivity contribution in [1.29, 1.82) is 0 Å². The molecule has 2 aromatic rings. The highest BCUT2D eigenvalue weighted by Crippen LogP contribution is 2.21. The Hall–Kier alpha value is -1.95. The molecular weight excluding hydrogens is 278 g/mol. The first-order valence-corrected chi connectivity index (χ1v) is 5.67. The van der Waals surface area contributed by atoms with E-state index >= 15 is 0 Å². The third kappa shape index (κ3) is 3.08. The van der Waals surface area contributed by atoms with Gasteiger partial charge in [0.2, 0.25) is 0 Å². The summed E-state index contributed by atoms with van der Waals surface area (Å²) < 4.78 is 31.2. The van der Waals surface area contributed by atoms with Gasteiger partial charge in [-0.1, -0.05) is 11.6 Å². The number of H-pyrrole nitrogens is 1. The molecule has 0 aliphatic heterocycles. The lowest BCUT2D eigenvalue weighted by molar-refractivity contribution is 0.293. The van der Waals surface area contributed by atoms with Crippen molar-refractivity contribution in [3.63, 3.8) is 0 Å². The fourth-order valence-corrected chi connectivity index (χ4v) is 1.60. The number of pyridine rings is 2. The molecule has 0 saturated heterocycles. The molecule has 0 radical (unpaired) electrons. The van der Waals surface area contributed by atoms with Gasteiger partial charge in [-0.3, -0.25) is 9.78 Å². The fourth-order valence-electron chi connectivity index (χ4n) is 1.44. The number of rotatable bonds is 3. The lowest BCUT2D eigenvalue weighted by Crippen LogP contribution is -2.10. The molecule has 7 heteroatoms. The van der Waals surface area contributed by atoms with Crippen LogP contribution in [0.1, 0.15) is 11.4 Å². The maximum absolute atomic E-state index is 13.3. The molecule has 0 aliphatic rings. The summed E-state index contributed by atoms with van der Waals surface area (Å²) in [5.41, 5.74) is -0.0171. The first kappa shape index (κ1) is 13.5. The molecule has 4 nitrogen and oxygen atoms in total. The van der Waals surface area contributed by atoms with Crippen LogP contribution in [0, 0.1) is 18.6 Å². The predicted octanol–water partition coefficient (Wildman–Crippen LogP) is 2.59. The Bertz CT molecular complexity index is 673. The molecule has 2 heterocycles. The van der Waals surface area contributed by atoms with Crippen molar-refractivity contribution in [1.82, 2.24) is 9.97 Å². The van der Waals surface area contributed by atoms with Crippen LogP contribution in [0.25, 0.3) is 0 Å². The minimum absolute atomic E-state index is 0.0737. The Morgan fingerprint density at radius 3 is 2.84 bits per heavy atom. The maximum Gasteiger partial charge on any atom is 0.270 e. The molecule has 0 unspecified atom stereocenters. The van der Waals surface area contributed by atoms with Gasteiger partial charge in [0, 0.05) is 17.8 Å². The van der Waals surface area contributed by atoms with E-state index in [4.69, 9.17) is 16.3 Å². The molecule has 0 fully saturated rings. The second kappa shape index (κ2) is 5.36. The van der Waals surface area contributed by atoms with E-state index in [2.05, 4.69) is 9.97 Å². The van der Waals surface area contributed by atoms with Crippen LogP contribution < -0.4 is 10.3 Å². The van der Waals surface area contributed by atoms with Crippen molar-refractivity contribution < 1.29 is 13.5 Å². The van der Waals surface area contributed by atoms with Crippen LogP contribution in [0.15, 0.2) is 23.1 Å². The van der Waals surface area contributed by atoms with E-state index in [1.165, 1.54) is 6.07 Å². The minimum atomic E-state index is -0.822. The molecule has 0 saturated carbocycles. The Balaban J connectivity index is 2.21. The highest BCUT2D eigenvalue weighted by molar-refractivity contribution is 6.31. The summed E-state index contributed by atoms with van der Waals surface area (Å²) in [5.74, 6) is -1.47. The molecule has 2 rings (SSSR count). The average molecular weight is 287 g/mol. The normalized spacial score (nSPS) is 10.5. The lowest BCUT2D eigenvalue weighted by atomic mass is 10.3. The van der Waals surface area contributed by atoms with Gasteiger partial charge in [0.15, 0.2) is 5.82 Å². The highest BCUT2D eigenvalue weighted by atomic mass is 35.5. The van der Waals surface area contributed by atoms with Gasteiger partial charge < -0.3 is 9.72 Å². The Morgan fingerprint density at radius 1 is 1.42 bits per heavy atom. The van der Waals surface area contributed by atoms with Crippen molar-refractivity contribution in [2.24, 2.45) is 0 Å². The predicted molar refractivity (Wildman–Crippen MR) is 65.3 cm³/mol. The summed E-state index contributed by atoms with van der Waals surface area (Å²) in [5, 5.41) is -0.131. The smallest absolute Gasteiger partial charge is 0.270 e. The molecule has 0 spiro atoms. The standard InChI is InChI=1S/C12H9ClF2N2O2/c1-6-2-10(11(13)12(18)17-6)19-5-9-8(15)3-7(14)4-16-9/h2-4H,5H2,1H3,(H,17,18). The molecule has 2 aromatic heterocycles. The van der Waals surface area contributed by atoms with Gasteiger partial charge in [0.05, 0.1) is 6.20 Å². The molecule has 100 valence electrons. The van der Waals surface area contributed by atoms with Gasteiger partial charge in [-0.2, -0.15) is 0 Å². The molecular formula is C12H9ClF2N2O2. The summed E-state index contributed by atoms with van der Waals surface area (Å²) in [4.78, 5) is 17.4. The van der Waals surface area contributed by atoms with Gasteiger partial charge in [-0.15, -0.1) is 0 Å². The van der Waals surface area contributed by atoms with Crippen LogP contribution in [-0.4, -0.2) is 9.97 Å². The van der Waals surface area contributed by atoms with Gasteiger partial charge in [-0.05, 0) is 6.92 Å². The van der Waals surface area contributed by atoms with Crippen LogP contribution >= 0.6 is 11.6 Å². The molecule has 19 heavy (non-hydrogen) atoms. The van der Waals surface area contributed by atoms with E-state index in [-0.39, 0.29) is 23.1 Å². The number of aromatic amines is 1. The molecule has 0 aliphatic carbocycles. The second-order valence-electron chi connectivity index (χ2n) is 3.83. The highest BCUT2D eigenvalue weighted by Gasteiger charge is 2.10. The van der Waals surface area contributed by atoms with E-state index < -0.39 is 17.2 Å². The number of aromatic nitrogens is 2. The fraction of sp³-hybridized carbons (Fsp3) is 0.167. The zero-order valence-corrected chi connectivity index (χ0v) is 10.6. The maximum atomic E-state index is 13.3. The van der Waals surface area contributed by atoms with Gasteiger partial charge in [0.1, 0.15) is 28.9 Å². The minimum Gasteiger partial charge on any atom is -0.485 e. The largest absolute Gasteiger partial charge is 0.485 e. The van der Waals surface area contributed by atoms with Gasteiger partial charge in [-0.25, -0.2) is 8.78 Å². The van der Waals surface area contributed by atoms with Crippen LogP contribution in [0.3, 0.4) is 0 Å². The lowest BCUT2D eigenvalue weighted by Gasteiger charge is -2.08. The van der Waals surface area contributed by atoms with Crippen LogP contribution in [0.4, 0.5) is 8.78 Å². The number of hydrogen-bond acceptors (Lipinski definition) is 3. The van der Waals surface area contributed by atoms with Crippen LogP contribution in [-0.2, 0) is 6.61 Å². The van der Waals surface area contributed by atoms with Crippen LogP contribution in [0.2, 0.25) is 5.02 Å². The van der Waals surface area contributed by atoms with Gasteiger partial charge >= 0.3 is 0 Å². The van der Waals surface area contributed by atoms with Crippen molar-refractivity contribution in [2.45, 2.75) is 13.5 Å². The molecule has 0 amide bonds. The number of nitrogens with one attached hydrogen (secondary N) is 1. The topological polar surface area (TPSA) is 55.0 Å². The first-order valence-electron chi connectivity index (χ1n) is 5.29. The summed E-state index contributed by atoms with van der Waals surface area (Å²) in [6.07, 6.45) is 0.881. The summed E-state index contributed by atoms with van der Waals surface area (Å²) in [6.45, 7) is 1.40. The summed E-state index contributed by atoms with van der Waals surface area (Å²) in [7, 11) is 0. The average Bonchev–Trinajstić information content (AvgIpc) is 2.33. The van der Waals surface area contributed by atoms with Crippen molar-refractivity contribution >= 4 is 11.6 Å². The number of nitrogens with zero attached hydrogens (tertiary/aromatic N) is 1. The Labute approximate surface area is 112 Å². The monoisotopic (exact) mass is 286 g/mol. The summed E-state index contributed by atoms with van der Waals surface area (Å²) in [6, 6.07) is 2.21. The SMILES string of the molecule is Cc1cc(OCc2ncc(F)cc2F)c(Cl)c(=O)[nH]1. The quantitative estimate of drug-likeness (QED) is 0.943. The third-order valence-electron chi connectivity index (χ3n) is 2.32. The van der Waals surface area contributed by atoms with E-state index in [0.717, 1.165) is 6.20 Å². The second-order valence-corrected chi connectivity index (χ2v) is 4.21.